The molecule has 0 amide bonds. The zero-order valence-electron chi connectivity index (χ0n) is 6.79. The maximum absolute atomic E-state index is 5.99. The molecule has 0 N–H and O–H groups in total. The third-order valence-corrected chi connectivity index (χ3v) is 3.21. The molecule has 0 unspecified atom stereocenters. The van der Waals surface area contributed by atoms with Gasteiger partial charge in [-0.15, -0.1) is 11.3 Å². The summed E-state index contributed by atoms with van der Waals surface area (Å²) in [7, 11) is 1.84. The van der Waals surface area contributed by atoms with Crippen LogP contribution in [0, 0.1) is 0 Å². The molecule has 0 aliphatic carbocycles. The van der Waals surface area contributed by atoms with Crippen LogP contribution in [-0.4, -0.2) is 9.78 Å². The molecule has 68 valence electrons. The van der Waals surface area contributed by atoms with Crippen LogP contribution in [0.5, 0.6) is 0 Å². The molecule has 2 nitrogen and oxygen atoms in total. The number of hydrogen-bond acceptors (Lipinski definition) is 2. The molecule has 0 fully saturated rings. The Bertz CT molecular complexity index is 414. The highest BCUT2D eigenvalue weighted by molar-refractivity contribution is 7.15. The molecule has 0 aliphatic rings. The van der Waals surface area contributed by atoms with Crippen LogP contribution >= 0.6 is 34.5 Å². The predicted octanol–water partition coefficient (Wildman–Crippen LogP) is 3.46. The van der Waals surface area contributed by atoms with E-state index in [1.807, 2.05) is 18.5 Å². The van der Waals surface area contributed by atoms with Crippen molar-refractivity contribution in [3.63, 3.8) is 0 Å². The third kappa shape index (κ3) is 1.47. The Balaban J connectivity index is 2.64. The van der Waals surface area contributed by atoms with Crippen molar-refractivity contribution in [2.45, 2.75) is 0 Å². The van der Waals surface area contributed by atoms with Gasteiger partial charge >= 0.3 is 0 Å². The number of nitrogens with zero attached hydrogens (tertiary/aromatic N) is 2. The molecule has 0 bridgehead atoms. The van der Waals surface area contributed by atoms with Crippen LogP contribution in [0.3, 0.4) is 0 Å². The monoisotopic (exact) mass is 232 g/mol. The van der Waals surface area contributed by atoms with Gasteiger partial charge in [-0.2, -0.15) is 5.10 Å². The summed E-state index contributed by atoms with van der Waals surface area (Å²) in [5.74, 6) is 0. The molecule has 0 radical (unpaired) electrons. The number of aryl methyl sites for hydroxylation is 1. The first-order valence-corrected chi connectivity index (χ1v) is 5.24. The topological polar surface area (TPSA) is 17.8 Å². The first-order valence-electron chi connectivity index (χ1n) is 3.61. The molecule has 0 saturated heterocycles. The summed E-state index contributed by atoms with van der Waals surface area (Å²) in [6.45, 7) is 0. The fourth-order valence-corrected chi connectivity index (χ4v) is 2.37. The average molecular weight is 233 g/mol. The number of rotatable bonds is 1. The third-order valence-electron chi connectivity index (χ3n) is 1.77. The van der Waals surface area contributed by atoms with Crippen molar-refractivity contribution >= 4 is 34.5 Å². The van der Waals surface area contributed by atoms with Crippen molar-refractivity contribution in [3.05, 3.63) is 27.0 Å². The largest absolute Gasteiger partial charge is 0.266 e. The smallest absolute Gasteiger partial charge is 0.102 e. The summed E-state index contributed by atoms with van der Waals surface area (Å²) in [6, 6.07) is 1.94. The van der Waals surface area contributed by atoms with E-state index in [1.54, 1.807) is 10.9 Å². The lowest BCUT2D eigenvalue weighted by molar-refractivity contribution is 0.776. The Morgan fingerprint density at radius 2 is 2.23 bits per heavy atom. The lowest BCUT2D eigenvalue weighted by Gasteiger charge is -1.99. The van der Waals surface area contributed by atoms with Crippen molar-refractivity contribution in [2.24, 2.45) is 7.05 Å². The zero-order chi connectivity index (χ0) is 9.42. The van der Waals surface area contributed by atoms with E-state index >= 15 is 0 Å². The minimum atomic E-state index is 0.628. The van der Waals surface area contributed by atoms with Crippen LogP contribution in [0.1, 0.15) is 0 Å². The quantitative estimate of drug-likeness (QED) is 0.737. The minimum absolute atomic E-state index is 0.628. The fraction of sp³-hybridized carbons (Fsp3) is 0.125. The lowest BCUT2D eigenvalue weighted by atomic mass is 10.2. The van der Waals surface area contributed by atoms with Gasteiger partial charge in [0.25, 0.3) is 0 Å². The van der Waals surface area contributed by atoms with E-state index in [0.717, 1.165) is 15.6 Å². The fourth-order valence-electron chi connectivity index (χ4n) is 1.18. The Morgan fingerprint density at radius 3 is 2.69 bits per heavy atom. The first kappa shape index (κ1) is 9.06. The first-order chi connectivity index (χ1) is 6.20. The van der Waals surface area contributed by atoms with Crippen LogP contribution in [0.2, 0.25) is 9.36 Å². The number of aromatic nitrogens is 2. The summed E-state index contributed by atoms with van der Waals surface area (Å²) >= 11 is 13.5. The average Bonchev–Trinajstić information content (AvgIpc) is 2.60. The summed E-state index contributed by atoms with van der Waals surface area (Å²) in [6.07, 6.45) is 1.62. The van der Waals surface area contributed by atoms with Crippen molar-refractivity contribution in [1.82, 2.24) is 9.78 Å². The molecule has 0 saturated carbocycles. The lowest BCUT2D eigenvalue weighted by Crippen LogP contribution is -1.92. The Hall–Kier alpha value is -0.510. The molecule has 2 heterocycles. The summed E-state index contributed by atoms with van der Waals surface area (Å²) in [5, 5.41) is 6.60. The Morgan fingerprint density at radius 1 is 1.46 bits per heavy atom. The Labute approximate surface area is 89.7 Å². The van der Waals surface area contributed by atoms with Gasteiger partial charge in [0.15, 0.2) is 0 Å². The van der Waals surface area contributed by atoms with Crippen LogP contribution in [0.15, 0.2) is 17.6 Å². The normalized spacial score (nSPS) is 10.7. The van der Waals surface area contributed by atoms with Crippen LogP contribution < -0.4 is 0 Å². The van der Waals surface area contributed by atoms with Crippen LogP contribution in [0.25, 0.3) is 11.3 Å². The molecular formula is C8H6Cl2N2S. The molecule has 0 atom stereocenters. The van der Waals surface area contributed by atoms with Gasteiger partial charge in [0, 0.05) is 12.6 Å². The molecule has 0 aliphatic heterocycles. The SMILES string of the molecule is Cn1ncc(Cl)c1-c1ccsc1Cl. The van der Waals surface area contributed by atoms with Gasteiger partial charge < -0.3 is 0 Å². The van der Waals surface area contributed by atoms with E-state index in [2.05, 4.69) is 5.10 Å². The zero-order valence-corrected chi connectivity index (χ0v) is 9.12. The minimum Gasteiger partial charge on any atom is -0.266 e. The van der Waals surface area contributed by atoms with Crippen molar-refractivity contribution in [1.29, 1.82) is 0 Å². The molecule has 2 aromatic rings. The molecule has 0 spiro atoms. The van der Waals surface area contributed by atoms with Crippen molar-refractivity contribution < 1.29 is 0 Å². The van der Waals surface area contributed by atoms with Gasteiger partial charge in [0.1, 0.15) is 4.34 Å². The summed E-state index contributed by atoms with van der Waals surface area (Å²) < 4.78 is 2.46. The highest BCUT2D eigenvalue weighted by Crippen LogP contribution is 2.35. The van der Waals surface area contributed by atoms with Crippen LogP contribution in [-0.2, 0) is 7.05 Å². The molecular weight excluding hydrogens is 227 g/mol. The highest BCUT2D eigenvalue weighted by atomic mass is 35.5. The second-order valence-electron chi connectivity index (χ2n) is 2.57. The molecule has 2 aromatic heterocycles. The standard InChI is InChI=1S/C8H6Cl2N2S/c1-12-7(6(9)4-11-12)5-2-3-13-8(5)10/h2-4H,1H3. The molecule has 2 rings (SSSR count). The maximum atomic E-state index is 5.99. The number of thiophene rings is 1. The Kier molecular flexibility index (Phi) is 2.32. The van der Waals surface area contributed by atoms with Crippen molar-refractivity contribution in [3.8, 4) is 11.3 Å². The van der Waals surface area contributed by atoms with Gasteiger partial charge in [-0.05, 0) is 11.4 Å². The van der Waals surface area contributed by atoms with Gasteiger partial charge in [-0.25, -0.2) is 0 Å². The van der Waals surface area contributed by atoms with E-state index in [-0.39, 0.29) is 0 Å². The maximum Gasteiger partial charge on any atom is 0.102 e. The van der Waals surface area contributed by atoms with E-state index in [0.29, 0.717) is 5.02 Å². The van der Waals surface area contributed by atoms with E-state index in [9.17, 15) is 0 Å². The summed E-state index contributed by atoms with van der Waals surface area (Å²) in [5.41, 5.74) is 1.81. The van der Waals surface area contributed by atoms with E-state index in [4.69, 9.17) is 23.2 Å². The number of hydrogen-bond donors (Lipinski definition) is 0. The predicted molar refractivity (Wildman–Crippen MR) is 56.5 cm³/mol. The second kappa shape index (κ2) is 3.33. The molecule has 13 heavy (non-hydrogen) atoms. The highest BCUT2D eigenvalue weighted by Gasteiger charge is 2.12. The van der Waals surface area contributed by atoms with E-state index < -0.39 is 0 Å². The van der Waals surface area contributed by atoms with Gasteiger partial charge in [0.2, 0.25) is 0 Å². The second-order valence-corrected chi connectivity index (χ2v) is 4.50. The molecule has 5 heteroatoms. The molecule has 0 aromatic carbocycles. The summed E-state index contributed by atoms with van der Waals surface area (Å²) in [4.78, 5) is 0. The van der Waals surface area contributed by atoms with Crippen molar-refractivity contribution in [2.75, 3.05) is 0 Å². The van der Waals surface area contributed by atoms with Gasteiger partial charge in [0.05, 0.1) is 16.9 Å². The van der Waals surface area contributed by atoms with E-state index in [1.165, 1.54) is 11.3 Å². The number of halogens is 2. The van der Waals surface area contributed by atoms with Gasteiger partial charge in [-0.1, -0.05) is 23.2 Å². The van der Waals surface area contributed by atoms with Gasteiger partial charge in [-0.3, -0.25) is 4.68 Å². The van der Waals surface area contributed by atoms with Crippen LogP contribution in [0.4, 0.5) is 0 Å².